The SMILES string of the molecule is O=C(c1cc(F)cc(Br)c1)N1C2CCC1CC(Br)C2. The Morgan fingerprint density at radius 1 is 1.21 bits per heavy atom. The van der Waals surface area contributed by atoms with Gasteiger partial charge in [0.05, 0.1) is 0 Å². The van der Waals surface area contributed by atoms with Crippen molar-refractivity contribution in [3.05, 3.63) is 34.1 Å². The van der Waals surface area contributed by atoms with Crippen molar-refractivity contribution in [1.29, 1.82) is 0 Å². The molecule has 1 amide bonds. The molecule has 1 aromatic carbocycles. The topological polar surface area (TPSA) is 20.3 Å². The van der Waals surface area contributed by atoms with Crippen LogP contribution in [0.5, 0.6) is 0 Å². The summed E-state index contributed by atoms with van der Waals surface area (Å²) in [5.74, 6) is -0.410. The molecule has 2 nitrogen and oxygen atoms in total. The van der Waals surface area contributed by atoms with Gasteiger partial charge in [-0.1, -0.05) is 31.9 Å². The zero-order chi connectivity index (χ0) is 13.6. The smallest absolute Gasteiger partial charge is 0.254 e. The van der Waals surface area contributed by atoms with Crippen LogP contribution in [-0.4, -0.2) is 27.7 Å². The van der Waals surface area contributed by atoms with Crippen LogP contribution in [0.15, 0.2) is 22.7 Å². The quantitative estimate of drug-likeness (QED) is 0.660. The van der Waals surface area contributed by atoms with Gasteiger partial charge in [-0.3, -0.25) is 4.79 Å². The van der Waals surface area contributed by atoms with Gasteiger partial charge in [0.2, 0.25) is 0 Å². The molecule has 0 radical (unpaired) electrons. The maximum Gasteiger partial charge on any atom is 0.254 e. The molecule has 19 heavy (non-hydrogen) atoms. The number of hydrogen-bond donors (Lipinski definition) is 0. The number of piperidine rings is 1. The third kappa shape index (κ3) is 2.59. The van der Waals surface area contributed by atoms with Gasteiger partial charge in [-0.25, -0.2) is 4.39 Å². The van der Waals surface area contributed by atoms with Crippen LogP contribution in [-0.2, 0) is 0 Å². The first-order valence-corrected chi connectivity index (χ1v) is 8.18. The van der Waals surface area contributed by atoms with Gasteiger partial charge in [-0.15, -0.1) is 0 Å². The molecule has 3 rings (SSSR count). The molecule has 2 unspecified atom stereocenters. The number of halogens is 3. The van der Waals surface area contributed by atoms with E-state index in [-0.39, 0.29) is 11.7 Å². The Labute approximate surface area is 128 Å². The van der Waals surface area contributed by atoms with E-state index in [1.807, 2.05) is 4.90 Å². The van der Waals surface area contributed by atoms with Crippen molar-refractivity contribution in [3.8, 4) is 0 Å². The molecule has 0 aliphatic carbocycles. The van der Waals surface area contributed by atoms with Crippen LogP contribution in [0.4, 0.5) is 4.39 Å². The van der Waals surface area contributed by atoms with Crippen molar-refractivity contribution >= 4 is 37.8 Å². The Kier molecular flexibility index (Phi) is 3.69. The van der Waals surface area contributed by atoms with Crippen LogP contribution < -0.4 is 0 Å². The van der Waals surface area contributed by atoms with Gasteiger partial charge in [0, 0.05) is 26.9 Å². The number of benzene rings is 1. The van der Waals surface area contributed by atoms with Crippen molar-refractivity contribution < 1.29 is 9.18 Å². The van der Waals surface area contributed by atoms with Crippen LogP contribution in [0, 0.1) is 5.82 Å². The summed E-state index contributed by atoms with van der Waals surface area (Å²) in [5.41, 5.74) is 0.441. The van der Waals surface area contributed by atoms with Gasteiger partial charge in [0.15, 0.2) is 0 Å². The highest BCUT2D eigenvalue weighted by molar-refractivity contribution is 9.10. The van der Waals surface area contributed by atoms with E-state index in [2.05, 4.69) is 31.9 Å². The molecule has 0 N–H and O–H groups in total. The number of nitrogens with zero attached hydrogens (tertiary/aromatic N) is 1. The van der Waals surface area contributed by atoms with E-state index in [1.165, 1.54) is 12.1 Å². The summed E-state index contributed by atoms with van der Waals surface area (Å²) >= 11 is 6.90. The predicted molar refractivity (Wildman–Crippen MR) is 79.0 cm³/mol. The zero-order valence-electron chi connectivity index (χ0n) is 10.3. The number of amides is 1. The Morgan fingerprint density at radius 2 is 1.84 bits per heavy atom. The molecule has 2 bridgehead atoms. The minimum absolute atomic E-state index is 0.0351. The van der Waals surface area contributed by atoms with Crippen molar-refractivity contribution in [2.75, 3.05) is 0 Å². The normalized spacial score (nSPS) is 29.6. The lowest BCUT2D eigenvalue weighted by atomic mass is 10.0. The van der Waals surface area contributed by atoms with E-state index >= 15 is 0 Å². The molecule has 0 spiro atoms. The molecule has 102 valence electrons. The van der Waals surface area contributed by atoms with E-state index < -0.39 is 0 Å². The standard InChI is InChI=1S/C14H14Br2FNO/c15-9-3-8(4-11(17)5-9)14(19)18-12-1-2-13(18)7-10(16)6-12/h3-5,10,12-13H,1-2,6-7H2. The number of fused-ring (bicyclic) bond motifs is 2. The molecule has 2 saturated heterocycles. The molecule has 2 atom stereocenters. The zero-order valence-corrected chi connectivity index (χ0v) is 13.5. The number of alkyl halides is 1. The second-order valence-electron chi connectivity index (χ2n) is 5.32. The first-order valence-electron chi connectivity index (χ1n) is 6.47. The van der Waals surface area contributed by atoms with Gasteiger partial charge in [-0.05, 0) is 43.9 Å². The minimum atomic E-state index is -0.375. The van der Waals surface area contributed by atoms with Crippen molar-refractivity contribution in [2.45, 2.75) is 42.6 Å². The Bertz CT molecular complexity index is 488. The van der Waals surface area contributed by atoms with E-state index in [0.717, 1.165) is 25.7 Å². The largest absolute Gasteiger partial charge is 0.333 e. The maximum absolute atomic E-state index is 13.4. The second-order valence-corrected chi connectivity index (χ2v) is 7.53. The molecule has 0 saturated carbocycles. The first-order chi connectivity index (χ1) is 9.04. The van der Waals surface area contributed by atoms with Crippen molar-refractivity contribution in [3.63, 3.8) is 0 Å². The molecule has 2 fully saturated rings. The molecular weight excluding hydrogens is 377 g/mol. The maximum atomic E-state index is 13.4. The fraction of sp³-hybridized carbons (Fsp3) is 0.500. The van der Waals surface area contributed by atoms with Crippen LogP contribution >= 0.6 is 31.9 Å². The van der Waals surface area contributed by atoms with Gasteiger partial charge < -0.3 is 4.90 Å². The van der Waals surface area contributed by atoms with Gasteiger partial charge in [0.1, 0.15) is 5.82 Å². The summed E-state index contributed by atoms with van der Waals surface area (Å²) in [6.45, 7) is 0. The highest BCUT2D eigenvalue weighted by Gasteiger charge is 2.42. The Balaban J connectivity index is 1.88. The molecule has 2 heterocycles. The van der Waals surface area contributed by atoms with E-state index in [4.69, 9.17) is 0 Å². The number of carbonyl (C=O) groups excluding carboxylic acids is 1. The average molecular weight is 391 g/mol. The summed E-state index contributed by atoms with van der Waals surface area (Å²) < 4.78 is 14.0. The Morgan fingerprint density at radius 3 is 2.42 bits per heavy atom. The third-order valence-electron chi connectivity index (χ3n) is 4.02. The van der Waals surface area contributed by atoms with Gasteiger partial charge >= 0.3 is 0 Å². The van der Waals surface area contributed by atoms with E-state index in [9.17, 15) is 9.18 Å². The number of carbonyl (C=O) groups is 1. The number of hydrogen-bond acceptors (Lipinski definition) is 1. The molecule has 1 aromatic rings. The lowest BCUT2D eigenvalue weighted by Crippen LogP contribution is -2.46. The monoisotopic (exact) mass is 389 g/mol. The lowest BCUT2D eigenvalue weighted by Gasteiger charge is -2.37. The Hall–Kier alpha value is -0.420. The summed E-state index contributed by atoms with van der Waals surface area (Å²) in [5, 5.41) is 0. The second kappa shape index (κ2) is 5.17. The van der Waals surface area contributed by atoms with Crippen LogP contribution in [0.25, 0.3) is 0 Å². The molecule has 5 heteroatoms. The fourth-order valence-corrected chi connectivity index (χ4v) is 4.60. The average Bonchev–Trinajstić information content (AvgIpc) is 2.59. The highest BCUT2D eigenvalue weighted by atomic mass is 79.9. The summed E-state index contributed by atoms with van der Waals surface area (Å²) in [6, 6.07) is 5.00. The van der Waals surface area contributed by atoms with Crippen LogP contribution in [0.3, 0.4) is 0 Å². The highest BCUT2D eigenvalue weighted by Crippen LogP contribution is 2.39. The predicted octanol–water partition coefficient (Wildman–Crippen LogP) is 4.12. The fourth-order valence-electron chi connectivity index (χ4n) is 3.27. The summed E-state index contributed by atoms with van der Waals surface area (Å²) in [7, 11) is 0. The van der Waals surface area contributed by atoms with Crippen LogP contribution in [0.2, 0.25) is 0 Å². The van der Waals surface area contributed by atoms with E-state index in [0.29, 0.717) is 26.9 Å². The molecular formula is C14H14Br2FNO. The van der Waals surface area contributed by atoms with E-state index in [1.54, 1.807) is 6.07 Å². The van der Waals surface area contributed by atoms with Crippen LogP contribution in [0.1, 0.15) is 36.0 Å². The molecule has 0 aromatic heterocycles. The molecule has 2 aliphatic rings. The number of rotatable bonds is 1. The van der Waals surface area contributed by atoms with Crippen molar-refractivity contribution in [1.82, 2.24) is 4.90 Å². The van der Waals surface area contributed by atoms with Crippen molar-refractivity contribution in [2.24, 2.45) is 0 Å². The lowest BCUT2D eigenvalue weighted by molar-refractivity contribution is 0.0603. The first kappa shape index (κ1) is 13.6. The minimum Gasteiger partial charge on any atom is -0.333 e. The summed E-state index contributed by atoms with van der Waals surface area (Å²) in [4.78, 5) is 15.1. The van der Waals surface area contributed by atoms with Gasteiger partial charge in [0.25, 0.3) is 5.91 Å². The third-order valence-corrected chi connectivity index (χ3v) is 5.23. The summed E-state index contributed by atoms with van der Waals surface area (Å²) in [6.07, 6.45) is 4.13. The molecule has 2 aliphatic heterocycles. The van der Waals surface area contributed by atoms with Gasteiger partial charge in [-0.2, -0.15) is 0 Å².